The van der Waals surface area contributed by atoms with Crippen molar-refractivity contribution in [2.45, 2.75) is 32.2 Å². The summed E-state index contributed by atoms with van der Waals surface area (Å²) in [6, 6.07) is 10.8. The molecule has 26 heavy (non-hydrogen) atoms. The van der Waals surface area contributed by atoms with Crippen LogP contribution in [0.4, 0.5) is 0 Å². The lowest BCUT2D eigenvalue weighted by atomic mass is 9.87. The van der Waals surface area contributed by atoms with E-state index in [9.17, 15) is 0 Å². The Bertz CT molecular complexity index is 877. The Morgan fingerprint density at radius 3 is 2.58 bits per heavy atom. The van der Waals surface area contributed by atoms with E-state index in [-0.39, 0.29) is 5.41 Å². The lowest BCUT2D eigenvalue weighted by Gasteiger charge is -2.26. The van der Waals surface area contributed by atoms with Gasteiger partial charge in [0.05, 0.1) is 12.7 Å². The van der Waals surface area contributed by atoms with Crippen molar-refractivity contribution in [3.05, 3.63) is 60.4 Å². The second kappa shape index (κ2) is 6.29. The smallest absolute Gasteiger partial charge is 0.241 e. The Balaban J connectivity index is 1.47. The number of hydrogen-bond acceptors (Lipinski definition) is 6. The minimum atomic E-state index is 0.177. The van der Waals surface area contributed by atoms with Crippen LogP contribution in [-0.2, 0) is 12.0 Å². The number of likely N-dealkylation sites (N-methyl/N-ethyl adjacent to an activating group) is 1. The molecule has 0 spiro atoms. The van der Waals surface area contributed by atoms with Crippen LogP contribution in [0.1, 0.15) is 31.7 Å². The summed E-state index contributed by atoms with van der Waals surface area (Å²) in [4.78, 5) is 15.0. The average Bonchev–Trinajstić information content (AvgIpc) is 2.97. The van der Waals surface area contributed by atoms with Crippen molar-refractivity contribution >= 4 is 0 Å². The molecule has 0 unspecified atom stereocenters. The highest BCUT2D eigenvalue weighted by molar-refractivity contribution is 5.45. The highest BCUT2D eigenvalue weighted by Crippen LogP contribution is 2.64. The van der Waals surface area contributed by atoms with Gasteiger partial charge in [-0.2, -0.15) is 4.98 Å². The van der Waals surface area contributed by atoms with Crippen LogP contribution in [0, 0.1) is 5.41 Å². The molecule has 134 valence electrons. The molecule has 1 aliphatic carbocycles. The minimum Gasteiger partial charge on any atom is -0.337 e. The van der Waals surface area contributed by atoms with Crippen LogP contribution in [0.25, 0.3) is 11.5 Å². The fourth-order valence-electron chi connectivity index (χ4n) is 3.91. The Morgan fingerprint density at radius 2 is 1.92 bits per heavy atom. The molecule has 4 rings (SSSR count). The summed E-state index contributed by atoms with van der Waals surface area (Å²) in [5.74, 6) is 1.07. The molecule has 0 amide bonds. The first-order valence-corrected chi connectivity index (χ1v) is 8.83. The zero-order valence-corrected chi connectivity index (χ0v) is 15.4. The summed E-state index contributed by atoms with van der Waals surface area (Å²) in [5.41, 5.74) is 2.50. The second-order valence-electron chi connectivity index (χ2n) is 7.78. The molecule has 0 bridgehead atoms. The van der Waals surface area contributed by atoms with E-state index in [1.54, 1.807) is 18.6 Å². The Morgan fingerprint density at radius 1 is 1.15 bits per heavy atom. The first-order chi connectivity index (χ1) is 12.5. The molecule has 3 aromatic rings. The molecule has 1 saturated carbocycles. The maximum absolute atomic E-state index is 5.41. The standard InChI is InChI=1S/C20H23N5O/c1-19(2)13-20(19,15-7-5-4-6-8-15)14-25(3)12-17-23-18(24-26-17)16-11-21-9-10-22-16/h4-11H,12-14H2,1-3H3/t20-/m0/s1. The quantitative estimate of drug-likeness (QED) is 0.680. The fraction of sp³-hybridized carbons (Fsp3) is 0.400. The van der Waals surface area contributed by atoms with E-state index in [2.05, 4.69) is 76.2 Å². The van der Waals surface area contributed by atoms with Gasteiger partial charge in [0.15, 0.2) is 0 Å². The highest BCUT2D eigenvalue weighted by atomic mass is 16.5. The minimum absolute atomic E-state index is 0.177. The van der Waals surface area contributed by atoms with Crippen molar-refractivity contribution in [1.29, 1.82) is 0 Å². The largest absolute Gasteiger partial charge is 0.337 e. The Kier molecular flexibility index (Phi) is 4.07. The normalized spacial score (nSPS) is 21.1. The maximum Gasteiger partial charge on any atom is 0.241 e. The summed E-state index contributed by atoms with van der Waals surface area (Å²) in [6.45, 7) is 6.24. The van der Waals surface area contributed by atoms with Crippen LogP contribution in [0.15, 0.2) is 53.4 Å². The highest BCUT2D eigenvalue weighted by Gasteiger charge is 2.61. The molecule has 2 heterocycles. The van der Waals surface area contributed by atoms with E-state index in [1.807, 2.05) is 0 Å². The topological polar surface area (TPSA) is 67.9 Å². The molecule has 6 nitrogen and oxygen atoms in total. The van der Waals surface area contributed by atoms with Gasteiger partial charge in [-0.3, -0.25) is 9.88 Å². The number of hydrogen-bond donors (Lipinski definition) is 0. The van der Waals surface area contributed by atoms with Gasteiger partial charge in [0.2, 0.25) is 11.7 Å². The van der Waals surface area contributed by atoms with E-state index in [0.29, 0.717) is 29.4 Å². The third-order valence-electron chi connectivity index (χ3n) is 5.45. The third kappa shape index (κ3) is 3.01. The zero-order chi connectivity index (χ0) is 18.2. The van der Waals surface area contributed by atoms with Crippen LogP contribution in [-0.4, -0.2) is 38.6 Å². The summed E-state index contributed by atoms with van der Waals surface area (Å²) < 4.78 is 5.41. The Labute approximate surface area is 153 Å². The molecule has 0 N–H and O–H groups in total. The molecule has 2 aromatic heterocycles. The number of benzene rings is 1. The van der Waals surface area contributed by atoms with Crippen molar-refractivity contribution in [2.24, 2.45) is 5.41 Å². The molecule has 0 aliphatic heterocycles. The van der Waals surface area contributed by atoms with Gasteiger partial charge in [0, 0.05) is 24.4 Å². The molecular formula is C20H23N5O. The predicted octanol–water partition coefficient (Wildman–Crippen LogP) is 3.33. The van der Waals surface area contributed by atoms with Gasteiger partial charge in [0.25, 0.3) is 0 Å². The SMILES string of the molecule is CN(Cc1nc(-c2cnccn2)no1)C[C@]1(c2ccccc2)CC1(C)C. The van der Waals surface area contributed by atoms with Gasteiger partial charge < -0.3 is 4.52 Å². The van der Waals surface area contributed by atoms with Gasteiger partial charge >= 0.3 is 0 Å². The maximum atomic E-state index is 5.41. The van der Waals surface area contributed by atoms with Gasteiger partial charge in [-0.15, -0.1) is 0 Å². The van der Waals surface area contributed by atoms with Crippen LogP contribution < -0.4 is 0 Å². The Hall–Kier alpha value is -2.60. The number of rotatable bonds is 6. The van der Waals surface area contributed by atoms with Crippen molar-refractivity contribution in [3.63, 3.8) is 0 Å². The van der Waals surface area contributed by atoms with Crippen LogP contribution in [0.5, 0.6) is 0 Å². The fourth-order valence-corrected chi connectivity index (χ4v) is 3.91. The van der Waals surface area contributed by atoms with E-state index in [1.165, 1.54) is 12.0 Å². The third-order valence-corrected chi connectivity index (χ3v) is 5.45. The summed E-state index contributed by atoms with van der Waals surface area (Å²) in [6.07, 6.45) is 6.06. The summed E-state index contributed by atoms with van der Waals surface area (Å²) in [7, 11) is 2.10. The molecule has 6 heteroatoms. The molecule has 1 atom stereocenters. The first kappa shape index (κ1) is 16.8. The molecule has 1 aromatic carbocycles. The summed E-state index contributed by atoms with van der Waals surface area (Å²) >= 11 is 0. The second-order valence-corrected chi connectivity index (χ2v) is 7.78. The van der Waals surface area contributed by atoms with Gasteiger partial charge in [-0.05, 0) is 24.4 Å². The molecule has 0 saturated heterocycles. The van der Waals surface area contributed by atoms with Crippen molar-refractivity contribution in [3.8, 4) is 11.5 Å². The lowest BCUT2D eigenvalue weighted by molar-refractivity contribution is 0.235. The van der Waals surface area contributed by atoms with Crippen LogP contribution in [0.2, 0.25) is 0 Å². The van der Waals surface area contributed by atoms with E-state index < -0.39 is 0 Å². The predicted molar refractivity (Wildman–Crippen MR) is 98.2 cm³/mol. The van der Waals surface area contributed by atoms with Crippen LogP contribution >= 0.6 is 0 Å². The first-order valence-electron chi connectivity index (χ1n) is 8.83. The number of aromatic nitrogens is 4. The van der Waals surface area contributed by atoms with Crippen LogP contribution in [0.3, 0.4) is 0 Å². The van der Waals surface area contributed by atoms with Gasteiger partial charge in [-0.1, -0.05) is 49.3 Å². The van der Waals surface area contributed by atoms with Crippen molar-refractivity contribution < 1.29 is 4.52 Å². The number of nitrogens with zero attached hydrogens (tertiary/aromatic N) is 5. The molecule has 0 radical (unpaired) electrons. The van der Waals surface area contributed by atoms with E-state index in [0.717, 1.165) is 6.54 Å². The average molecular weight is 349 g/mol. The zero-order valence-electron chi connectivity index (χ0n) is 15.4. The molecule has 1 fully saturated rings. The monoisotopic (exact) mass is 349 g/mol. The van der Waals surface area contributed by atoms with Gasteiger partial charge in [-0.25, -0.2) is 4.98 Å². The van der Waals surface area contributed by atoms with Gasteiger partial charge in [0.1, 0.15) is 5.69 Å². The van der Waals surface area contributed by atoms with E-state index in [4.69, 9.17) is 4.52 Å². The van der Waals surface area contributed by atoms with Crippen molar-refractivity contribution in [1.82, 2.24) is 25.0 Å². The van der Waals surface area contributed by atoms with E-state index >= 15 is 0 Å². The molecule has 1 aliphatic rings. The van der Waals surface area contributed by atoms with Crippen molar-refractivity contribution in [2.75, 3.05) is 13.6 Å². The molecular weight excluding hydrogens is 326 g/mol. The lowest BCUT2D eigenvalue weighted by Crippen LogP contribution is -2.32. The summed E-state index contributed by atoms with van der Waals surface area (Å²) in [5, 5.41) is 4.02.